The second-order valence-electron chi connectivity index (χ2n) is 7.62. The topological polar surface area (TPSA) is 43.8 Å². The molecule has 5 heteroatoms. The Morgan fingerprint density at radius 2 is 1.79 bits per heavy atom. The first-order valence-corrected chi connectivity index (χ1v) is 10.9. The lowest BCUT2D eigenvalue weighted by atomic mass is 9.95. The minimum Gasteiger partial charge on any atom is -0.508 e. The van der Waals surface area contributed by atoms with Crippen LogP contribution in [-0.2, 0) is 6.54 Å². The zero-order valence-electron chi connectivity index (χ0n) is 16.6. The van der Waals surface area contributed by atoms with Crippen molar-refractivity contribution < 1.29 is 9.90 Å². The van der Waals surface area contributed by atoms with E-state index >= 15 is 0 Å². The van der Waals surface area contributed by atoms with Crippen LogP contribution in [0.5, 0.6) is 5.75 Å². The van der Waals surface area contributed by atoms with Crippen LogP contribution in [-0.4, -0.2) is 46.9 Å². The molecular formula is C24H26N2O2S. The molecule has 4 nitrogen and oxygen atoms in total. The van der Waals surface area contributed by atoms with Gasteiger partial charge in [0.15, 0.2) is 5.78 Å². The summed E-state index contributed by atoms with van der Waals surface area (Å²) in [6.45, 7) is 6.53. The number of benzene rings is 2. The van der Waals surface area contributed by atoms with Crippen LogP contribution in [0.1, 0.15) is 40.0 Å². The molecule has 0 amide bonds. The van der Waals surface area contributed by atoms with E-state index in [0.717, 1.165) is 49.4 Å². The van der Waals surface area contributed by atoms with Crippen molar-refractivity contribution in [3.8, 4) is 5.75 Å². The minimum absolute atomic E-state index is 0.0615. The molecule has 1 N–H and O–H groups in total. The van der Waals surface area contributed by atoms with Crippen molar-refractivity contribution in [3.05, 3.63) is 87.6 Å². The molecule has 0 saturated carbocycles. The van der Waals surface area contributed by atoms with Gasteiger partial charge in [-0.3, -0.25) is 14.6 Å². The van der Waals surface area contributed by atoms with Gasteiger partial charge in [0.25, 0.3) is 0 Å². The molecule has 1 unspecified atom stereocenters. The van der Waals surface area contributed by atoms with Crippen molar-refractivity contribution in [1.82, 2.24) is 9.80 Å². The maximum atomic E-state index is 11.7. The van der Waals surface area contributed by atoms with Crippen molar-refractivity contribution >= 4 is 17.1 Å². The van der Waals surface area contributed by atoms with Gasteiger partial charge < -0.3 is 5.11 Å². The first kappa shape index (κ1) is 19.8. The Balaban J connectivity index is 1.55. The van der Waals surface area contributed by atoms with Crippen molar-refractivity contribution in [3.63, 3.8) is 0 Å². The molecular weight excluding hydrogens is 380 g/mol. The molecule has 1 fully saturated rings. The lowest BCUT2D eigenvalue weighted by molar-refractivity contribution is 0.101. The highest BCUT2D eigenvalue weighted by Gasteiger charge is 2.27. The van der Waals surface area contributed by atoms with E-state index in [0.29, 0.717) is 0 Å². The summed E-state index contributed by atoms with van der Waals surface area (Å²) in [4.78, 5) is 16.6. The van der Waals surface area contributed by atoms with Crippen LogP contribution in [0, 0.1) is 0 Å². The molecule has 1 atom stereocenters. The second-order valence-corrected chi connectivity index (χ2v) is 8.40. The molecule has 1 aliphatic rings. The first-order valence-electron chi connectivity index (χ1n) is 9.97. The molecule has 29 heavy (non-hydrogen) atoms. The number of piperazine rings is 1. The van der Waals surface area contributed by atoms with Gasteiger partial charge >= 0.3 is 0 Å². The van der Waals surface area contributed by atoms with Crippen LogP contribution >= 0.6 is 11.3 Å². The SMILES string of the molecule is CC(=O)c1ccc(C(c2cccc(O)c2)N2CCN(Cc3ccsc3)CC2)cc1. The Morgan fingerprint density at radius 1 is 1.03 bits per heavy atom. The zero-order valence-corrected chi connectivity index (χ0v) is 17.4. The van der Waals surface area contributed by atoms with Crippen LogP contribution in [0.25, 0.3) is 0 Å². The number of Topliss-reactive ketones (excluding diaryl/α,β-unsaturated/α-hetero) is 1. The van der Waals surface area contributed by atoms with Crippen LogP contribution in [0.15, 0.2) is 65.4 Å². The van der Waals surface area contributed by atoms with Gasteiger partial charge in [-0.15, -0.1) is 0 Å². The molecule has 2 aromatic carbocycles. The van der Waals surface area contributed by atoms with E-state index in [-0.39, 0.29) is 17.6 Å². The van der Waals surface area contributed by atoms with Crippen molar-refractivity contribution in [1.29, 1.82) is 0 Å². The smallest absolute Gasteiger partial charge is 0.159 e. The Morgan fingerprint density at radius 3 is 2.41 bits per heavy atom. The number of carbonyl (C=O) groups excluding carboxylic acids is 1. The Labute approximate surface area is 176 Å². The number of phenolic OH excluding ortho intramolecular Hbond substituents is 1. The molecule has 0 spiro atoms. The van der Waals surface area contributed by atoms with Gasteiger partial charge in [-0.1, -0.05) is 36.4 Å². The molecule has 1 aliphatic heterocycles. The average Bonchev–Trinajstić information content (AvgIpc) is 3.23. The van der Waals surface area contributed by atoms with E-state index in [4.69, 9.17) is 0 Å². The summed E-state index contributed by atoms with van der Waals surface area (Å²) in [6.07, 6.45) is 0. The van der Waals surface area contributed by atoms with Gasteiger partial charge in [0, 0.05) is 38.3 Å². The lowest BCUT2D eigenvalue weighted by Gasteiger charge is -2.39. The van der Waals surface area contributed by atoms with E-state index < -0.39 is 0 Å². The highest BCUT2D eigenvalue weighted by atomic mass is 32.1. The van der Waals surface area contributed by atoms with Crippen molar-refractivity contribution in [2.45, 2.75) is 19.5 Å². The van der Waals surface area contributed by atoms with Gasteiger partial charge in [0.05, 0.1) is 6.04 Å². The Bertz CT molecular complexity index is 945. The number of hydrogen-bond donors (Lipinski definition) is 1. The second kappa shape index (κ2) is 8.91. The quantitative estimate of drug-likeness (QED) is 0.610. The number of hydrogen-bond acceptors (Lipinski definition) is 5. The lowest BCUT2D eigenvalue weighted by Crippen LogP contribution is -2.47. The van der Waals surface area contributed by atoms with E-state index in [2.05, 4.69) is 32.7 Å². The summed E-state index contributed by atoms with van der Waals surface area (Å²) in [7, 11) is 0. The third-order valence-electron chi connectivity index (χ3n) is 5.58. The van der Waals surface area contributed by atoms with Crippen molar-refractivity contribution in [2.24, 2.45) is 0 Å². The highest BCUT2D eigenvalue weighted by molar-refractivity contribution is 7.07. The van der Waals surface area contributed by atoms with Gasteiger partial charge in [0.1, 0.15) is 5.75 Å². The first-order chi connectivity index (χ1) is 14.1. The van der Waals surface area contributed by atoms with Gasteiger partial charge in [0.2, 0.25) is 0 Å². The van der Waals surface area contributed by atoms with Gasteiger partial charge in [-0.2, -0.15) is 11.3 Å². The number of rotatable bonds is 6. The maximum absolute atomic E-state index is 11.7. The summed E-state index contributed by atoms with van der Waals surface area (Å²) in [5, 5.41) is 14.4. The molecule has 150 valence electrons. The molecule has 2 heterocycles. The zero-order chi connectivity index (χ0) is 20.2. The predicted molar refractivity (Wildman–Crippen MR) is 118 cm³/mol. The Kier molecular flexibility index (Phi) is 6.09. The predicted octanol–water partition coefficient (Wildman–Crippen LogP) is 4.56. The number of thiophene rings is 1. The molecule has 1 saturated heterocycles. The summed E-state index contributed by atoms with van der Waals surface area (Å²) < 4.78 is 0. The van der Waals surface area contributed by atoms with E-state index in [1.807, 2.05) is 36.4 Å². The summed E-state index contributed by atoms with van der Waals surface area (Å²) in [5.74, 6) is 0.358. The fraction of sp³-hybridized carbons (Fsp3) is 0.292. The molecule has 0 radical (unpaired) electrons. The minimum atomic E-state index is 0.0615. The summed E-state index contributed by atoms with van der Waals surface area (Å²) >= 11 is 1.75. The number of ketones is 1. The summed E-state index contributed by atoms with van der Waals surface area (Å²) in [6, 6.07) is 17.7. The van der Waals surface area contributed by atoms with Crippen LogP contribution < -0.4 is 0 Å². The fourth-order valence-corrected chi connectivity index (χ4v) is 4.69. The molecule has 4 rings (SSSR count). The van der Waals surface area contributed by atoms with Crippen LogP contribution in [0.3, 0.4) is 0 Å². The van der Waals surface area contributed by atoms with Crippen LogP contribution in [0.4, 0.5) is 0 Å². The highest BCUT2D eigenvalue weighted by Crippen LogP contribution is 2.32. The third kappa shape index (κ3) is 4.75. The normalized spacial score (nSPS) is 16.6. The number of nitrogens with zero attached hydrogens (tertiary/aromatic N) is 2. The molecule has 1 aromatic heterocycles. The van der Waals surface area contributed by atoms with Crippen LogP contribution in [0.2, 0.25) is 0 Å². The van der Waals surface area contributed by atoms with E-state index in [9.17, 15) is 9.90 Å². The average molecular weight is 407 g/mol. The van der Waals surface area contributed by atoms with Gasteiger partial charge in [-0.25, -0.2) is 0 Å². The fourth-order valence-electron chi connectivity index (χ4n) is 4.03. The van der Waals surface area contributed by atoms with Crippen molar-refractivity contribution in [2.75, 3.05) is 26.2 Å². The monoisotopic (exact) mass is 406 g/mol. The van der Waals surface area contributed by atoms with Gasteiger partial charge in [-0.05, 0) is 52.6 Å². The van der Waals surface area contributed by atoms with E-state index in [1.54, 1.807) is 24.3 Å². The van der Waals surface area contributed by atoms with E-state index in [1.165, 1.54) is 5.56 Å². The molecule has 3 aromatic rings. The number of phenols is 1. The third-order valence-corrected chi connectivity index (χ3v) is 6.31. The maximum Gasteiger partial charge on any atom is 0.159 e. The standard InChI is InChI=1S/C24H26N2O2S/c1-18(27)20-5-7-21(8-6-20)24(22-3-2-4-23(28)15-22)26-12-10-25(11-13-26)16-19-9-14-29-17-19/h2-9,14-15,17,24,28H,10-13,16H2,1H3. The largest absolute Gasteiger partial charge is 0.508 e. The molecule has 0 aliphatic carbocycles. The molecule has 0 bridgehead atoms. The Hall–Kier alpha value is -2.47. The number of aromatic hydroxyl groups is 1. The number of carbonyl (C=O) groups is 1. The summed E-state index contributed by atoms with van der Waals surface area (Å²) in [5.41, 5.74) is 4.33.